The van der Waals surface area contributed by atoms with E-state index in [4.69, 9.17) is 0 Å². The minimum Gasteiger partial charge on any atom is -0.392 e. The van der Waals surface area contributed by atoms with Gasteiger partial charge in [0.1, 0.15) is 8.07 Å². The van der Waals surface area contributed by atoms with E-state index in [2.05, 4.69) is 38.0 Å². The van der Waals surface area contributed by atoms with Crippen molar-refractivity contribution in [1.29, 1.82) is 0 Å². The van der Waals surface area contributed by atoms with Crippen LogP contribution in [0.25, 0.3) is 0 Å². The molecule has 13 heavy (non-hydrogen) atoms. The fourth-order valence-corrected chi connectivity index (χ4v) is 1.61. The van der Waals surface area contributed by atoms with Gasteiger partial charge in [0.25, 0.3) is 0 Å². The first-order valence-corrected chi connectivity index (χ1v) is 8.64. The summed E-state index contributed by atoms with van der Waals surface area (Å²) in [5.74, 6) is 3.10. The molecular weight excluding hydrogens is 176 g/mol. The average molecular weight is 198 g/mol. The molecule has 0 aliphatic carbocycles. The SMILES string of the molecule is CCCCC(O)CC#C[Si](C)(C)C. The third-order valence-corrected chi connectivity index (χ3v) is 2.62. The molecule has 0 bridgehead atoms. The van der Waals surface area contributed by atoms with Crippen LogP contribution < -0.4 is 0 Å². The lowest BCUT2D eigenvalue weighted by Gasteiger charge is -2.06. The van der Waals surface area contributed by atoms with Gasteiger partial charge in [0.05, 0.1) is 6.10 Å². The molecule has 0 aromatic carbocycles. The molecule has 2 heteroatoms. The van der Waals surface area contributed by atoms with Gasteiger partial charge in [-0.05, 0) is 6.42 Å². The van der Waals surface area contributed by atoms with E-state index < -0.39 is 8.07 Å². The molecule has 0 aromatic rings. The Morgan fingerprint density at radius 2 is 1.92 bits per heavy atom. The summed E-state index contributed by atoms with van der Waals surface area (Å²) in [7, 11) is -1.23. The standard InChI is InChI=1S/C11H22OSi/c1-5-6-8-11(12)9-7-10-13(2,3)4/h11-12H,5-6,8-9H2,1-4H3. The average Bonchev–Trinajstić information content (AvgIpc) is 1.98. The first kappa shape index (κ1) is 12.7. The van der Waals surface area contributed by atoms with Crippen molar-refractivity contribution in [3.05, 3.63) is 0 Å². The number of aliphatic hydroxyl groups is 1. The van der Waals surface area contributed by atoms with Gasteiger partial charge in [0.15, 0.2) is 0 Å². The Hall–Kier alpha value is -0.263. The Morgan fingerprint density at radius 3 is 2.38 bits per heavy atom. The molecule has 0 radical (unpaired) electrons. The van der Waals surface area contributed by atoms with Crippen LogP contribution in [-0.4, -0.2) is 19.3 Å². The lowest BCUT2D eigenvalue weighted by molar-refractivity contribution is 0.167. The summed E-state index contributed by atoms with van der Waals surface area (Å²) < 4.78 is 0. The van der Waals surface area contributed by atoms with E-state index in [0.717, 1.165) is 19.3 Å². The van der Waals surface area contributed by atoms with E-state index in [1.54, 1.807) is 0 Å². The summed E-state index contributed by atoms with van der Waals surface area (Å²) in [5, 5.41) is 9.49. The molecule has 0 heterocycles. The monoisotopic (exact) mass is 198 g/mol. The molecule has 0 saturated heterocycles. The summed E-state index contributed by atoms with van der Waals surface area (Å²) in [4.78, 5) is 0. The molecule has 0 rings (SSSR count). The highest BCUT2D eigenvalue weighted by atomic mass is 28.3. The molecule has 1 N–H and O–H groups in total. The maximum atomic E-state index is 9.49. The van der Waals surface area contributed by atoms with Gasteiger partial charge in [-0.25, -0.2) is 0 Å². The molecule has 1 unspecified atom stereocenters. The Balaban J connectivity index is 3.66. The van der Waals surface area contributed by atoms with Crippen LogP contribution >= 0.6 is 0 Å². The molecule has 0 spiro atoms. The predicted molar refractivity (Wildman–Crippen MR) is 61.3 cm³/mol. The highest BCUT2D eigenvalue weighted by molar-refractivity contribution is 6.83. The molecule has 0 amide bonds. The molecule has 0 aliphatic rings. The Bertz CT molecular complexity index is 182. The van der Waals surface area contributed by atoms with Crippen molar-refractivity contribution in [2.24, 2.45) is 0 Å². The Morgan fingerprint density at radius 1 is 1.31 bits per heavy atom. The number of aliphatic hydroxyl groups excluding tert-OH is 1. The highest BCUT2D eigenvalue weighted by Crippen LogP contribution is 2.04. The second-order valence-electron chi connectivity index (χ2n) is 4.55. The van der Waals surface area contributed by atoms with Gasteiger partial charge in [0, 0.05) is 6.42 Å². The maximum absolute atomic E-state index is 9.49. The van der Waals surface area contributed by atoms with E-state index in [-0.39, 0.29) is 6.10 Å². The van der Waals surface area contributed by atoms with E-state index in [1.165, 1.54) is 0 Å². The summed E-state index contributed by atoms with van der Waals surface area (Å²) in [5.41, 5.74) is 3.26. The van der Waals surface area contributed by atoms with Crippen molar-refractivity contribution < 1.29 is 5.11 Å². The molecule has 76 valence electrons. The van der Waals surface area contributed by atoms with Gasteiger partial charge in [0.2, 0.25) is 0 Å². The quantitative estimate of drug-likeness (QED) is 0.544. The van der Waals surface area contributed by atoms with Crippen LogP contribution in [0.4, 0.5) is 0 Å². The highest BCUT2D eigenvalue weighted by Gasteiger charge is 2.07. The zero-order valence-corrected chi connectivity index (χ0v) is 10.4. The van der Waals surface area contributed by atoms with Crippen molar-refractivity contribution in [2.45, 2.75) is 58.4 Å². The molecule has 1 atom stereocenters. The normalized spacial score (nSPS) is 13.3. The summed E-state index contributed by atoms with van der Waals surface area (Å²) in [6, 6.07) is 0. The van der Waals surface area contributed by atoms with Crippen LogP contribution in [0.3, 0.4) is 0 Å². The molecule has 0 saturated carbocycles. The van der Waals surface area contributed by atoms with Gasteiger partial charge in [-0.3, -0.25) is 0 Å². The van der Waals surface area contributed by atoms with E-state index in [9.17, 15) is 5.11 Å². The van der Waals surface area contributed by atoms with Crippen LogP contribution in [0.5, 0.6) is 0 Å². The van der Waals surface area contributed by atoms with E-state index >= 15 is 0 Å². The molecular formula is C11H22OSi. The molecule has 1 nitrogen and oxygen atoms in total. The van der Waals surface area contributed by atoms with Gasteiger partial charge in [-0.2, -0.15) is 0 Å². The van der Waals surface area contributed by atoms with E-state index in [0.29, 0.717) is 6.42 Å². The van der Waals surface area contributed by atoms with Gasteiger partial charge >= 0.3 is 0 Å². The smallest absolute Gasteiger partial charge is 0.129 e. The Labute approximate surface area is 83.6 Å². The minimum absolute atomic E-state index is 0.205. The fourth-order valence-electron chi connectivity index (χ4n) is 0.976. The second-order valence-corrected chi connectivity index (χ2v) is 9.30. The number of hydrogen-bond acceptors (Lipinski definition) is 1. The van der Waals surface area contributed by atoms with Crippen LogP contribution in [0.15, 0.2) is 0 Å². The van der Waals surface area contributed by atoms with Crippen molar-refractivity contribution in [2.75, 3.05) is 0 Å². The summed E-state index contributed by atoms with van der Waals surface area (Å²) in [6.45, 7) is 8.80. The van der Waals surface area contributed by atoms with Gasteiger partial charge in [-0.1, -0.05) is 39.4 Å². The number of rotatable bonds is 4. The van der Waals surface area contributed by atoms with Crippen molar-refractivity contribution in [1.82, 2.24) is 0 Å². The predicted octanol–water partition coefficient (Wildman–Crippen LogP) is 2.81. The van der Waals surface area contributed by atoms with Gasteiger partial charge < -0.3 is 5.11 Å². The lowest BCUT2D eigenvalue weighted by atomic mass is 10.1. The van der Waals surface area contributed by atoms with Crippen LogP contribution in [0, 0.1) is 11.5 Å². The second kappa shape index (κ2) is 6.23. The van der Waals surface area contributed by atoms with E-state index in [1.807, 2.05) is 0 Å². The zero-order chi connectivity index (χ0) is 10.3. The van der Waals surface area contributed by atoms with Crippen molar-refractivity contribution in [3.63, 3.8) is 0 Å². The summed E-state index contributed by atoms with van der Waals surface area (Å²) in [6.07, 6.45) is 3.61. The topological polar surface area (TPSA) is 20.2 Å². The van der Waals surface area contributed by atoms with Gasteiger partial charge in [-0.15, -0.1) is 11.5 Å². The lowest BCUT2D eigenvalue weighted by Crippen LogP contribution is -2.16. The van der Waals surface area contributed by atoms with Crippen LogP contribution in [0.2, 0.25) is 19.6 Å². The maximum Gasteiger partial charge on any atom is 0.129 e. The van der Waals surface area contributed by atoms with Crippen LogP contribution in [-0.2, 0) is 0 Å². The molecule has 0 aromatic heterocycles. The number of hydrogen-bond donors (Lipinski definition) is 1. The van der Waals surface area contributed by atoms with Crippen molar-refractivity contribution >= 4 is 8.07 Å². The first-order valence-electron chi connectivity index (χ1n) is 5.14. The summed E-state index contributed by atoms with van der Waals surface area (Å²) >= 11 is 0. The molecule has 0 fully saturated rings. The minimum atomic E-state index is -1.23. The third kappa shape index (κ3) is 9.65. The van der Waals surface area contributed by atoms with Crippen LogP contribution in [0.1, 0.15) is 32.6 Å². The first-order chi connectivity index (χ1) is 5.95. The zero-order valence-electron chi connectivity index (χ0n) is 9.35. The Kier molecular flexibility index (Phi) is 6.10. The third-order valence-electron chi connectivity index (χ3n) is 1.69. The number of unbranched alkanes of at least 4 members (excludes halogenated alkanes) is 1. The largest absolute Gasteiger partial charge is 0.392 e. The van der Waals surface area contributed by atoms with Crippen molar-refractivity contribution in [3.8, 4) is 11.5 Å². The fraction of sp³-hybridized carbons (Fsp3) is 0.818. The molecule has 0 aliphatic heterocycles.